The Balaban J connectivity index is 2.04. The van der Waals surface area contributed by atoms with E-state index in [1.54, 1.807) is 19.9 Å². The molecule has 0 amide bonds. The Kier molecular flexibility index (Phi) is 5.52. The molecule has 1 aromatic heterocycles. The standard InChI is InChI=1S/C16H24F3N3O/c1-4-20-5-7-21(8-6-20)10-15(23)14-9-12(2)22(13(14)3)11-16(17,18)19/h9H,4-8,10-11H2,1-3H3. The van der Waals surface area contributed by atoms with Gasteiger partial charge in [-0.25, -0.2) is 0 Å². The molecule has 1 aliphatic heterocycles. The molecule has 130 valence electrons. The van der Waals surface area contributed by atoms with Crippen LogP contribution in [0.1, 0.15) is 28.7 Å². The van der Waals surface area contributed by atoms with Crippen molar-refractivity contribution in [2.45, 2.75) is 33.5 Å². The molecule has 0 aromatic carbocycles. The van der Waals surface area contributed by atoms with Gasteiger partial charge in [0, 0.05) is 43.1 Å². The van der Waals surface area contributed by atoms with Gasteiger partial charge in [0.1, 0.15) is 6.54 Å². The second kappa shape index (κ2) is 7.05. The normalized spacial score (nSPS) is 17.7. The zero-order valence-electron chi connectivity index (χ0n) is 13.9. The zero-order chi connectivity index (χ0) is 17.2. The summed E-state index contributed by atoms with van der Waals surface area (Å²) in [6.07, 6.45) is -4.29. The number of halogens is 3. The SMILES string of the molecule is CCN1CCN(CC(=O)c2cc(C)n(CC(F)(F)F)c2C)CC1. The number of piperazine rings is 1. The number of nitrogens with zero attached hydrogens (tertiary/aromatic N) is 3. The third kappa shape index (κ3) is 4.57. The molecule has 7 heteroatoms. The summed E-state index contributed by atoms with van der Waals surface area (Å²) in [6.45, 7) is 9.02. The predicted molar refractivity (Wildman–Crippen MR) is 82.8 cm³/mol. The highest BCUT2D eigenvalue weighted by Gasteiger charge is 2.30. The molecule has 2 heterocycles. The van der Waals surface area contributed by atoms with Crippen molar-refractivity contribution in [3.8, 4) is 0 Å². The van der Waals surface area contributed by atoms with E-state index in [0.29, 0.717) is 17.0 Å². The van der Waals surface area contributed by atoms with E-state index in [4.69, 9.17) is 0 Å². The first-order valence-electron chi connectivity index (χ1n) is 7.92. The maximum Gasteiger partial charge on any atom is 0.406 e. The molecule has 23 heavy (non-hydrogen) atoms. The predicted octanol–water partition coefficient (Wildman–Crippen LogP) is 2.49. The number of alkyl halides is 3. The van der Waals surface area contributed by atoms with Gasteiger partial charge in [-0.15, -0.1) is 0 Å². The lowest BCUT2D eigenvalue weighted by Crippen LogP contribution is -2.47. The molecule has 0 spiro atoms. The molecule has 0 saturated carbocycles. The van der Waals surface area contributed by atoms with E-state index in [2.05, 4.69) is 16.7 Å². The Labute approximate surface area is 134 Å². The topological polar surface area (TPSA) is 28.5 Å². The van der Waals surface area contributed by atoms with E-state index < -0.39 is 12.7 Å². The zero-order valence-corrected chi connectivity index (χ0v) is 13.9. The third-order valence-corrected chi connectivity index (χ3v) is 4.49. The van der Waals surface area contributed by atoms with Crippen LogP contribution in [-0.2, 0) is 6.54 Å². The molecular weight excluding hydrogens is 307 g/mol. The minimum atomic E-state index is -4.29. The number of carbonyl (C=O) groups excluding carboxylic acids is 1. The van der Waals surface area contributed by atoms with Crippen molar-refractivity contribution in [2.75, 3.05) is 39.3 Å². The lowest BCUT2D eigenvalue weighted by Gasteiger charge is -2.33. The third-order valence-electron chi connectivity index (χ3n) is 4.49. The maximum atomic E-state index is 12.6. The number of hydrogen-bond acceptors (Lipinski definition) is 3. The Morgan fingerprint density at radius 2 is 1.70 bits per heavy atom. The van der Waals surface area contributed by atoms with Gasteiger partial charge < -0.3 is 9.47 Å². The van der Waals surface area contributed by atoms with E-state index in [9.17, 15) is 18.0 Å². The Bertz CT molecular complexity index is 558. The number of likely N-dealkylation sites (N-methyl/N-ethyl adjacent to an activating group) is 1. The van der Waals surface area contributed by atoms with E-state index in [0.717, 1.165) is 32.7 Å². The van der Waals surface area contributed by atoms with Crippen molar-refractivity contribution in [1.29, 1.82) is 0 Å². The summed E-state index contributed by atoms with van der Waals surface area (Å²) in [4.78, 5) is 16.9. The summed E-state index contributed by atoms with van der Waals surface area (Å²) < 4.78 is 39.1. The smallest absolute Gasteiger partial charge is 0.339 e. The van der Waals surface area contributed by atoms with E-state index in [1.807, 2.05) is 0 Å². The van der Waals surface area contributed by atoms with Crippen LogP contribution in [0.5, 0.6) is 0 Å². The van der Waals surface area contributed by atoms with E-state index >= 15 is 0 Å². The first-order chi connectivity index (χ1) is 10.7. The molecule has 1 fully saturated rings. The number of Topliss-reactive ketones (excluding diaryl/α,β-unsaturated/α-hetero) is 1. The number of rotatable bonds is 5. The maximum absolute atomic E-state index is 12.6. The lowest BCUT2D eigenvalue weighted by atomic mass is 10.1. The van der Waals surface area contributed by atoms with Gasteiger partial charge in [0.15, 0.2) is 5.78 Å². The molecule has 0 unspecified atom stereocenters. The number of aromatic nitrogens is 1. The number of aryl methyl sites for hydroxylation is 1. The van der Waals surface area contributed by atoms with Crippen molar-refractivity contribution in [3.05, 3.63) is 23.0 Å². The van der Waals surface area contributed by atoms with Crippen LogP contribution >= 0.6 is 0 Å². The first kappa shape index (κ1) is 18.0. The second-order valence-corrected chi connectivity index (χ2v) is 6.12. The van der Waals surface area contributed by atoms with Crippen LogP contribution in [-0.4, -0.2) is 65.6 Å². The first-order valence-corrected chi connectivity index (χ1v) is 7.92. The van der Waals surface area contributed by atoms with Crippen molar-refractivity contribution in [2.24, 2.45) is 0 Å². The molecular formula is C16H24F3N3O. The van der Waals surface area contributed by atoms with Crippen LogP contribution in [0.3, 0.4) is 0 Å². The Hall–Kier alpha value is -1.34. The van der Waals surface area contributed by atoms with Gasteiger partial charge in [-0.2, -0.15) is 13.2 Å². The van der Waals surface area contributed by atoms with Crippen LogP contribution in [0.2, 0.25) is 0 Å². The molecule has 1 aliphatic rings. The van der Waals surface area contributed by atoms with Gasteiger partial charge >= 0.3 is 6.18 Å². The van der Waals surface area contributed by atoms with Crippen LogP contribution in [0.4, 0.5) is 13.2 Å². The summed E-state index contributed by atoms with van der Waals surface area (Å²) in [5.41, 5.74) is 1.28. The molecule has 0 radical (unpaired) electrons. The highest BCUT2D eigenvalue weighted by molar-refractivity contribution is 5.99. The molecule has 0 N–H and O–H groups in total. The summed E-state index contributed by atoms with van der Waals surface area (Å²) >= 11 is 0. The summed E-state index contributed by atoms with van der Waals surface area (Å²) in [6, 6.07) is 1.58. The van der Waals surface area contributed by atoms with Gasteiger partial charge in [-0.05, 0) is 26.5 Å². The minimum Gasteiger partial charge on any atom is -0.339 e. The molecule has 1 saturated heterocycles. The molecule has 0 bridgehead atoms. The van der Waals surface area contributed by atoms with Crippen molar-refractivity contribution in [3.63, 3.8) is 0 Å². The fraction of sp³-hybridized carbons (Fsp3) is 0.688. The second-order valence-electron chi connectivity index (χ2n) is 6.12. The monoisotopic (exact) mass is 331 g/mol. The van der Waals surface area contributed by atoms with Gasteiger partial charge in [-0.1, -0.05) is 6.92 Å². The summed E-state index contributed by atoms with van der Waals surface area (Å²) in [5.74, 6) is -0.100. The van der Waals surface area contributed by atoms with Crippen LogP contribution in [0, 0.1) is 13.8 Å². The fourth-order valence-corrected chi connectivity index (χ4v) is 3.06. The number of ketones is 1. The number of hydrogen-bond donors (Lipinski definition) is 0. The molecule has 1 aromatic rings. The van der Waals surface area contributed by atoms with E-state index in [1.165, 1.54) is 4.57 Å². The van der Waals surface area contributed by atoms with Crippen molar-refractivity contribution >= 4 is 5.78 Å². The highest BCUT2D eigenvalue weighted by atomic mass is 19.4. The molecule has 0 aliphatic carbocycles. The van der Waals surface area contributed by atoms with Crippen molar-refractivity contribution < 1.29 is 18.0 Å². The van der Waals surface area contributed by atoms with E-state index in [-0.39, 0.29) is 12.3 Å². The summed E-state index contributed by atoms with van der Waals surface area (Å²) in [7, 11) is 0. The molecule has 4 nitrogen and oxygen atoms in total. The van der Waals surface area contributed by atoms with Crippen LogP contribution in [0.25, 0.3) is 0 Å². The molecule has 0 atom stereocenters. The average Bonchev–Trinajstić information content (AvgIpc) is 2.75. The average molecular weight is 331 g/mol. The van der Waals surface area contributed by atoms with Gasteiger partial charge in [0.2, 0.25) is 0 Å². The van der Waals surface area contributed by atoms with Gasteiger partial charge in [0.25, 0.3) is 0 Å². The van der Waals surface area contributed by atoms with Gasteiger partial charge in [0.05, 0.1) is 6.54 Å². The lowest BCUT2D eigenvalue weighted by molar-refractivity contribution is -0.141. The Morgan fingerprint density at radius 3 is 2.22 bits per heavy atom. The number of carbonyl (C=O) groups is 1. The highest BCUT2D eigenvalue weighted by Crippen LogP contribution is 2.23. The quantitative estimate of drug-likeness (QED) is 0.776. The van der Waals surface area contributed by atoms with Crippen LogP contribution in [0.15, 0.2) is 6.07 Å². The molecule has 2 rings (SSSR count). The summed E-state index contributed by atoms with van der Waals surface area (Å²) in [5, 5.41) is 0. The Morgan fingerprint density at radius 1 is 1.13 bits per heavy atom. The largest absolute Gasteiger partial charge is 0.406 e. The van der Waals surface area contributed by atoms with Gasteiger partial charge in [-0.3, -0.25) is 9.69 Å². The van der Waals surface area contributed by atoms with Crippen molar-refractivity contribution in [1.82, 2.24) is 14.4 Å². The van der Waals surface area contributed by atoms with Crippen LogP contribution < -0.4 is 0 Å². The fourth-order valence-electron chi connectivity index (χ4n) is 3.06. The minimum absolute atomic E-state index is 0.100.